The molecule has 0 radical (unpaired) electrons. The van der Waals surface area contributed by atoms with E-state index in [0.29, 0.717) is 18.1 Å². The fourth-order valence-corrected chi connectivity index (χ4v) is 3.24. The van der Waals surface area contributed by atoms with Crippen LogP contribution in [0, 0.1) is 13.8 Å². The average molecular weight is 318 g/mol. The summed E-state index contributed by atoms with van der Waals surface area (Å²) in [6, 6.07) is 5.63. The third-order valence-electron chi connectivity index (χ3n) is 3.52. The van der Waals surface area contributed by atoms with E-state index in [4.69, 9.17) is 9.47 Å². The van der Waals surface area contributed by atoms with Crippen molar-refractivity contribution in [1.82, 2.24) is 10.3 Å². The Labute approximate surface area is 133 Å². The van der Waals surface area contributed by atoms with Gasteiger partial charge in [-0.2, -0.15) is 0 Å². The van der Waals surface area contributed by atoms with Crippen LogP contribution in [-0.2, 0) is 0 Å². The average Bonchev–Trinajstić information content (AvgIpc) is 2.85. The highest BCUT2D eigenvalue weighted by atomic mass is 32.1. The molecule has 6 heteroatoms. The van der Waals surface area contributed by atoms with E-state index in [0.717, 1.165) is 27.8 Å². The molecule has 0 unspecified atom stereocenters. The molecular formula is C16H18N2O3S. The number of hydrogen-bond acceptors (Lipinski definition) is 5. The highest BCUT2D eigenvalue weighted by molar-refractivity contribution is 7.13. The highest BCUT2D eigenvalue weighted by Crippen LogP contribution is 2.32. The number of carbonyl (C=O) groups excluding carboxylic acids is 1. The molecule has 0 saturated carbocycles. The van der Waals surface area contributed by atoms with Gasteiger partial charge in [0.2, 0.25) is 0 Å². The van der Waals surface area contributed by atoms with Crippen LogP contribution in [0.3, 0.4) is 0 Å². The summed E-state index contributed by atoms with van der Waals surface area (Å²) in [5, 5.41) is 3.91. The van der Waals surface area contributed by atoms with Crippen molar-refractivity contribution >= 4 is 17.2 Å². The molecule has 22 heavy (non-hydrogen) atoms. The number of aromatic nitrogens is 1. The van der Waals surface area contributed by atoms with Gasteiger partial charge in [0, 0.05) is 0 Å². The smallest absolute Gasteiger partial charge is 0.263 e. The van der Waals surface area contributed by atoms with Gasteiger partial charge in [0.15, 0.2) is 11.5 Å². The number of fused-ring (bicyclic) bond motifs is 1. The van der Waals surface area contributed by atoms with Crippen LogP contribution in [-0.4, -0.2) is 24.1 Å². The van der Waals surface area contributed by atoms with Crippen LogP contribution in [0.5, 0.6) is 11.5 Å². The Morgan fingerprint density at radius 3 is 2.68 bits per heavy atom. The van der Waals surface area contributed by atoms with Crippen LogP contribution < -0.4 is 14.8 Å². The lowest BCUT2D eigenvalue weighted by atomic mass is 10.1. The summed E-state index contributed by atoms with van der Waals surface area (Å²) in [7, 11) is 0. The van der Waals surface area contributed by atoms with Gasteiger partial charge in [0.1, 0.15) is 18.1 Å². The first-order chi connectivity index (χ1) is 10.5. The van der Waals surface area contributed by atoms with Gasteiger partial charge in [-0.25, -0.2) is 4.98 Å². The van der Waals surface area contributed by atoms with Crippen molar-refractivity contribution in [3.05, 3.63) is 39.3 Å². The van der Waals surface area contributed by atoms with Crippen molar-refractivity contribution in [2.24, 2.45) is 0 Å². The zero-order chi connectivity index (χ0) is 15.7. The standard InChI is InChI=1S/C16H18N2O3S/c1-9(18-16(19)15-10(2)17-11(3)22-15)12-4-5-13-14(8-12)21-7-6-20-13/h4-5,8-9H,6-7H2,1-3H3,(H,18,19)/t9-/m1/s1. The number of aryl methyl sites for hydroxylation is 2. The predicted octanol–water partition coefficient (Wildman–Crippen LogP) is 3.02. The maximum atomic E-state index is 12.4. The van der Waals surface area contributed by atoms with Crippen LogP contribution in [0.4, 0.5) is 0 Å². The molecule has 1 aliphatic heterocycles. The molecule has 5 nitrogen and oxygen atoms in total. The summed E-state index contributed by atoms with van der Waals surface area (Å²) in [6.07, 6.45) is 0. The molecule has 1 amide bonds. The van der Waals surface area contributed by atoms with Crippen molar-refractivity contribution in [1.29, 1.82) is 0 Å². The Hall–Kier alpha value is -2.08. The summed E-state index contributed by atoms with van der Waals surface area (Å²) in [5.41, 5.74) is 1.76. The molecule has 0 spiro atoms. The lowest BCUT2D eigenvalue weighted by Gasteiger charge is -2.21. The van der Waals surface area contributed by atoms with Gasteiger partial charge in [0.25, 0.3) is 5.91 Å². The molecule has 0 aliphatic carbocycles. The predicted molar refractivity (Wildman–Crippen MR) is 84.9 cm³/mol. The normalized spacial score (nSPS) is 14.5. The molecular weight excluding hydrogens is 300 g/mol. The Morgan fingerprint density at radius 1 is 1.27 bits per heavy atom. The molecule has 0 fully saturated rings. The van der Waals surface area contributed by atoms with E-state index in [1.54, 1.807) is 0 Å². The highest BCUT2D eigenvalue weighted by Gasteiger charge is 2.19. The number of ether oxygens (including phenoxy) is 2. The van der Waals surface area contributed by atoms with Crippen molar-refractivity contribution < 1.29 is 14.3 Å². The first-order valence-electron chi connectivity index (χ1n) is 7.19. The zero-order valence-electron chi connectivity index (χ0n) is 12.8. The number of rotatable bonds is 3. The molecule has 1 aliphatic rings. The lowest BCUT2D eigenvalue weighted by molar-refractivity contribution is 0.0943. The molecule has 2 heterocycles. The summed E-state index contributed by atoms with van der Waals surface area (Å²) < 4.78 is 11.1. The third kappa shape index (κ3) is 2.92. The topological polar surface area (TPSA) is 60.5 Å². The Balaban J connectivity index is 1.75. The molecule has 3 rings (SSSR count). The summed E-state index contributed by atoms with van der Waals surface area (Å²) >= 11 is 1.41. The Bertz CT molecular complexity index is 711. The number of nitrogens with one attached hydrogen (secondary N) is 1. The van der Waals surface area contributed by atoms with E-state index < -0.39 is 0 Å². The van der Waals surface area contributed by atoms with Crippen LogP contribution in [0.15, 0.2) is 18.2 Å². The van der Waals surface area contributed by atoms with Crippen LogP contribution in [0.2, 0.25) is 0 Å². The molecule has 0 bridgehead atoms. The number of nitrogens with zero attached hydrogens (tertiary/aromatic N) is 1. The summed E-state index contributed by atoms with van der Waals surface area (Å²) in [5.74, 6) is 1.39. The number of thiazole rings is 1. The second-order valence-corrected chi connectivity index (χ2v) is 6.45. The third-order valence-corrected chi connectivity index (χ3v) is 4.60. The fraction of sp³-hybridized carbons (Fsp3) is 0.375. The second-order valence-electron chi connectivity index (χ2n) is 5.25. The largest absolute Gasteiger partial charge is 0.486 e. The van der Waals surface area contributed by atoms with Crippen molar-refractivity contribution in [2.45, 2.75) is 26.8 Å². The van der Waals surface area contributed by atoms with Crippen molar-refractivity contribution in [3.8, 4) is 11.5 Å². The van der Waals surface area contributed by atoms with Crippen LogP contribution in [0.25, 0.3) is 0 Å². The van der Waals surface area contributed by atoms with E-state index in [-0.39, 0.29) is 11.9 Å². The second kappa shape index (κ2) is 5.96. The fourth-order valence-electron chi connectivity index (χ4n) is 2.42. The lowest BCUT2D eigenvalue weighted by Crippen LogP contribution is -2.26. The van der Waals surface area contributed by atoms with Gasteiger partial charge in [-0.15, -0.1) is 11.3 Å². The van der Waals surface area contributed by atoms with Gasteiger partial charge in [-0.3, -0.25) is 4.79 Å². The number of carbonyl (C=O) groups is 1. The van der Waals surface area contributed by atoms with Crippen molar-refractivity contribution in [3.63, 3.8) is 0 Å². The Morgan fingerprint density at radius 2 is 2.00 bits per heavy atom. The summed E-state index contributed by atoms with van der Waals surface area (Å²) in [6.45, 7) is 6.83. The molecule has 1 N–H and O–H groups in total. The molecule has 116 valence electrons. The number of hydrogen-bond donors (Lipinski definition) is 1. The molecule has 2 aromatic rings. The Kier molecular flexibility index (Phi) is 4.02. The summed E-state index contributed by atoms with van der Waals surface area (Å²) in [4.78, 5) is 17.3. The van der Waals surface area contributed by atoms with Gasteiger partial charge in [0.05, 0.1) is 16.7 Å². The number of amides is 1. The van der Waals surface area contributed by atoms with E-state index in [9.17, 15) is 4.79 Å². The molecule has 1 atom stereocenters. The first kappa shape index (κ1) is 14.8. The minimum atomic E-state index is -0.120. The zero-order valence-corrected chi connectivity index (χ0v) is 13.6. The molecule has 1 aromatic heterocycles. The van der Waals surface area contributed by atoms with Gasteiger partial charge in [-0.05, 0) is 38.5 Å². The quantitative estimate of drug-likeness (QED) is 0.945. The van der Waals surface area contributed by atoms with E-state index >= 15 is 0 Å². The SMILES string of the molecule is Cc1nc(C)c(C(=O)N[C@H](C)c2ccc3c(c2)OCCO3)s1. The number of benzene rings is 1. The molecule has 1 aromatic carbocycles. The minimum Gasteiger partial charge on any atom is -0.486 e. The monoisotopic (exact) mass is 318 g/mol. The maximum Gasteiger partial charge on any atom is 0.263 e. The maximum absolute atomic E-state index is 12.4. The van der Waals surface area contributed by atoms with E-state index in [2.05, 4.69) is 10.3 Å². The van der Waals surface area contributed by atoms with Crippen LogP contribution >= 0.6 is 11.3 Å². The van der Waals surface area contributed by atoms with Gasteiger partial charge >= 0.3 is 0 Å². The van der Waals surface area contributed by atoms with Gasteiger partial charge < -0.3 is 14.8 Å². The van der Waals surface area contributed by atoms with E-state index in [1.807, 2.05) is 39.0 Å². The first-order valence-corrected chi connectivity index (χ1v) is 8.00. The van der Waals surface area contributed by atoms with Crippen LogP contribution in [0.1, 0.15) is 38.9 Å². The van der Waals surface area contributed by atoms with Gasteiger partial charge in [-0.1, -0.05) is 6.07 Å². The molecule has 0 saturated heterocycles. The minimum absolute atomic E-state index is 0.0921. The van der Waals surface area contributed by atoms with E-state index in [1.165, 1.54) is 11.3 Å². The van der Waals surface area contributed by atoms with Crippen molar-refractivity contribution in [2.75, 3.05) is 13.2 Å².